The van der Waals surface area contributed by atoms with Crippen LogP contribution in [0.5, 0.6) is 11.5 Å². The van der Waals surface area contributed by atoms with Gasteiger partial charge in [0, 0.05) is 28.5 Å². The third-order valence-electron chi connectivity index (χ3n) is 16.1. The molecule has 86 heavy (non-hydrogen) atoms. The maximum Gasteiger partial charge on any atom is 0.438 e. The van der Waals surface area contributed by atoms with Crippen molar-refractivity contribution in [3.63, 3.8) is 0 Å². The standard InChI is InChI=1S/C37H37F6NO4.C29H35F6NO2/c1-5-34(6-2,27-15-14-26(24(3)22-27)18-19-35(47,36(38,39)40)37(41,42)43)28-16-17-31(25(4)23-28)48-21-11-7-10-20-44-32(45)29-12-8-9-13-30(29)33(44)46;1-5-26(6-2,24-12-13-25(21(4)19-24)38-17-9-7-8-16-36)23-11-10-22(20(3)18-23)14-15-27(37,28(30,31)32)29(33,34)35/h8-9,12-17,22-23,47H,5-7,10-11,20-21H2,1-4H3;10-13,18-19,37H,5-9,16-17,36H2,1-4H3. The van der Waals surface area contributed by atoms with Gasteiger partial charge >= 0.3 is 35.9 Å². The van der Waals surface area contributed by atoms with Gasteiger partial charge in [-0.1, -0.05) is 100 Å². The van der Waals surface area contributed by atoms with Crippen LogP contribution in [0.15, 0.2) is 97.1 Å². The average molecular weight is 1220 g/mol. The van der Waals surface area contributed by atoms with Crippen molar-refractivity contribution in [1.82, 2.24) is 4.90 Å². The van der Waals surface area contributed by atoms with Crippen LogP contribution in [0.25, 0.3) is 0 Å². The predicted molar refractivity (Wildman–Crippen MR) is 305 cm³/mol. The first-order valence-corrected chi connectivity index (χ1v) is 28.3. The molecular weight excluding hydrogens is 1140 g/mol. The predicted octanol–water partition coefficient (Wildman–Crippen LogP) is 15.6. The van der Waals surface area contributed by atoms with Crippen molar-refractivity contribution < 1.29 is 82.0 Å². The summed E-state index contributed by atoms with van der Waals surface area (Å²) >= 11 is 0. The topological polar surface area (TPSA) is 122 Å². The van der Waals surface area contributed by atoms with Crippen molar-refractivity contribution in [3.8, 4) is 35.2 Å². The molecule has 0 aliphatic carbocycles. The molecule has 20 heteroatoms. The lowest BCUT2D eigenvalue weighted by Gasteiger charge is -2.34. The van der Waals surface area contributed by atoms with E-state index in [9.17, 15) is 72.5 Å². The Bertz CT molecular complexity index is 3230. The van der Waals surface area contributed by atoms with Gasteiger partial charge in [0.25, 0.3) is 11.8 Å². The Morgan fingerprint density at radius 1 is 0.453 bits per heavy atom. The lowest BCUT2D eigenvalue weighted by atomic mass is 9.70. The molecule has 0 atom stereocenters. The lowest BCUT2D eigenvalue weighted by molar-refractivity contribution is -0.344. The van der Waals surface area contributed by atoms with Crippen molar-refractivity contribution in [2.45, 2.75) is 166 Å². The highest BCUT2D eigenvalue weighted by Crippen LogP contribution is 2.46. The molecule has 2 amide bonds. The number of aliphatic hydroxyl groups is 2. The second-order valence-electron chi connectivity index (χ2n) is 21.4. The number of rotatable bonds is 21. The minimum absolute atomic E-state index is 0.0312. The van der Waals surface area contributed by atoms with Crippen molar-refractivity contribution in [3.05, 3.63) is 164 Å². The van der Waals surface area contributed by atoms with Gasteiger partial charge in [-0.3, -0.25) is 14.5 Å². The molecule has 466 valence electrons. The maximum absolute atomic E-state index is 13.1. The molecule has 0 spiro atoms. The Morgan fingerprint density at radius 2 is 0.779 bits per heavy atom. The number of halogens is 12. The second-order valence-corrected chi connectivity index (χ2v) is 21.4. The fourth-order valence-corrected chi connectivity index (χ4v) is 10.6. The van der Waals surface area contributed by atoms with E-state index in [2.05, 4.69) is 6.07 Å². The highest BCUT2D eigenvalue weighted by atomic mass is 19.4. The fourth-order valence-electron chi connectivity index (χ4n) is 10.6. The zero-order chi connectivity index (χ0) is 64.3. The van der Waals surface area contributed by atoms with E-state index in [0.29, 0.717) is 86.4 Å². The number of ether oxygens (including phenoxy) is 2. The van der Waals surface area contributed by atoms with Gasteiger partial charge in [-0.25, -0.2) is 0 Å². The average Bonchev–Trinajstić information content (AvgIpc) is 1.42. The molecule has 0 saturated heterocycles. The number of unbranched alkanes of at least 4 members (excludes halogenated alkanes) is 4. The van der Waals surface area contributed by atoms with Gasteiger partial charge in [0.2, 0.25) is 0 Å². The first-order valence-electron chi connectivity index (χ1n) is 28.3. The molecule has 6 rings (SSSR count). The van der Waals surface area contributed by atoms with E-state index in [-0.39, 0.29) is 22.9 Å². The summed E-state index contributed by atoms with van der Waals surface area (Å²) < 4.78 is 169. The number of hydrogen-bond acceptors (Lipinski definition) is 7. The first-order chi connectivity index (χ1) is 40.2. The molecule has 5 aromatic rings. The largest absolute Gasteiger partial charge is 0.493 e. The molecular formula is C66H72F12N2O6. The Morgan fingerprint density at radius 3 is 1.08 bits per heavy atom. The van der Waals surface area contributed by atoms with Crippen molar-refractivity contribution >= 4 is 11.8 Å². The van der Waals surface area contributed by atoms with Gasteiger partial charge < -0.3 is 25.4 Å². The molecule has 1 aliphatic heterocycles. The number of imide groups is 1. The second kappa shape index (κ2) is 28.2. The van der Waals surface area contributed by atoms with Crippen LogP contribution in [-0.4, -0.2) is 89.1 Å². The summed E-state index contributed by atoms with van der Waals surface area (Å²) in [5.74, 6) is 6.81. The molecule has 0 saturated carbocycles. The molecule has 1 aliphatic rings. The van der Waals surface area contributed by atoms with Crippen LogP contribution in [0, 0.1) is 51.4 Å². The summed E-state index contributed by atoms with van der Waals surface area (Å²) in [7, 11) is 0. The maximum atomic E-state index is 13.1. The number of alkyl halides is 12. The SMILES string of the molecule is CCC(CC)(c1ccc(C#CC(O)(C(F)(F)F)C(F)(F)F)c(C)c1)c1ccc(OCCCCCN)c(C)c1.CCC(CC)(c1ccc(C#CC(O)(C(F)(F)F)C(F)(F)F)c(C)c1)c1ccc(OCCCCCN2C(=O)c3ccccc3C2=O)c(C)c1. The monoisotopic (exact) mass is 1220 g/mol. The Hall–Kier alpha value is -7.00. The zero-order valence-corrected chi connectivity index (χ0v) is 49.2. The van der Waals surface area contributed by atoms with E-state index in [1.54, 1.807) is 62.4 Å². The normalized spacial score (nSPS) is 13.3. The highest BCUT2D eigenvalue weighted by molar-refractivity contribution is 6.21. The van der Waals surface area contributed by atoms with Crippen LogP contribution in [0.4, 0.5) is 52.7 Å². The minimum atomic E-state index is -6.02. The van der Waals surface area contributed by atoms with Crippen molar-refractivity contribution in [2.24, 2.45) is 5.73 Å². The number of aryl methyl sites for hydroxylation is 4. The van der Waals surface area contributed by atoms with E-state index in [4.69, 9.17) is 15.2 Å². The molecule has 0 bridgehead atoms. The van der Waals surface area contributed by atoms with Crippen LogP contribution in [-0.2, 0) is 10.8 Å². The summed E-state index contributed by atoms with van der Waals surface area (Å²) in [5, 5.41) is 18.8. The molecule has 1 heterocycles. The highest BCUT2D eigenvalue weighted by Gasteiger charge is 2.71. The van der Waals surface area contributed by atoms with E-state index in [1.165, 1.54) is 17.0 Å². The Kier molecular flexibility index (Phi) is 22.9. The third-order valence-corrected chi connectivity index (χ3v) is 16.1. The number of fused-ring (bicyclic) bond motifs is 1. The van der Waals surface area contributed by atoms with Crippen LogP contribution in [0.3, 0.4) is 0 Å². The molecule has 8 nitrogen and oxygen atoms in total. The van der Waals surface area contributed by atoms with Gasteiger partial charge in [-0.15, -0.1) is 0 Å². The van der Waals surface area contributed by atoms with E-state index >= 15 is 0 Å². The first kappa shape index (κ1) is 69.8. The Balaban J connectivity index is 0.000000323. The molecule has 0 unspecified atom stereocenters. The van der Waals surface area contributed by atoms with Gasteiger partial charge in [-0.2, -0.15) is 52.7 Å². The van der Waals surface area contributed by atoms with Gasteiger partial charge in [0.15, 0.2) is 0 Å². The lowest BCUT2D eigenvalue weighted by Crippen LogP contribution is -2.55. The summed E-state index contributed by atoms with van der Waals surface area (Å²) in [6.07, 6.45) is -16.3. The summed E-state index contributed by atoms with van der Waals surface area (Å²) in [4.78, 5) is 26.3. The van der Waals surface area contributed by atoms with Crippen LogP contribution >= 0.6 is 0 Å². The van der Waals surface area contributed by atoms with Gasteiger partial charge in [-0.05, 0) is 191 Å². The van der Waals surface area contributed by atoms with Crippen molar-refractivity contribution in [2.75, 3.05) is 26.3 Å². The molecule has 0 fully saturated rings. The summed E-state index contributed by atoms with van der Waals surface area (Å²) in [6, 6.07) is 28.1. The van der Waals surface area contributed by atoms with Crippen LogP contribution < -0.4 is 15.2 Å². The van der Waals surface area contributed by atoms with Gasteiger partial charge in [0.05, 0.1) is 24.3 Å². The summed E-state index contributed by atoms with van der Waals surface area (Å²) in [6.45, 7) is 17.1. The number of hydrogen-bond donors (Lipinski definition) is 3. The smallest absolute Gasteiger partial charge is 0.438 e. The van der Waals surface area contributed by atoms with E-state index in [0.717, 1.165) is 83.1 Å². The number of amides is 2. The van der Waals surface area contributed by atoms with Gasteiger partial charge in [0.1, 0.15) is 11.5 Å². The van der Waals surface area contributed by atoms with Crippen LogP contribution in [0.2, 0.25) is 0 Å². The number of carbonyl (C=O) groups excluding carboxylic acids is 2. The number of nitrogens with zero attached hydrogens (tertiary/aromatic N) is 1. The molecule has 0 aromatic heterocycles. The van der Waals surface area contributed by atoms with Crippen LogP contribution in [0.1, 0.15) is 168 Å². The quantitative estimate of drug-likeness (QED) is 0.0289. The summed E-state index contributed by atoms with van der Waals surface area (Å²) in [5.41, 5.74) is 1.39. The fraction of sp³-hybridized carbons (Fsp3) is 0.455. The molecule has 4 N–H and O–H groups in total. The zero-order valence-electron chi connectivity index (χ0n) is 49.2. The minimum Gasteiger partial charge on any atom is -0.493 e. The molecule has 0 radical (unpaired) electrons. The number of nitrogens with two attached hydrogens (primary N) is 1. The molecule has 5 aromatic carbocycles. The van der Waals surface area contributed by atoms with E-state index < -0.39 is 46.7 Å². The third kappa shape index (κ3) is 15.0. The number of benzene rings is 5. The Labute approximate surface area is 494 Å². The van der Waals surface area contributed by atoms with Crippen molar-refractivity contribution in [1.29, 1.82) is 0 Å². The van der Waals surface area contributed by atoms with E-state index in [1.807, 2.05) is 83.7 Å². The number of carbonyl (C=O) groups is 2.